The van der Waals surface area contributed by atoms with Crippen LogP contribution in [0.3, 0.4) is 0 Å². The van der Waals surface area contributed by atoms with Crippen LogP contribution in [0, 0.1) is 10.8 Å². The second kappa shape index (κ2) is 10.9. The van der Waals surface area contributed by atoms with Gasteiger partial charge in [0.25, 0.3) is 11.8 Å². The van der Waals surface area contributed by atoms with Gasteiger partial charge in [0.2, 0.25) is 0 Å². The number of carbonyl (C=O) groups is 3. The van der Waals surface area contributed by atoms with Crippen LogP contribution in [0.25, 0.3) is 10.9 Å². The third-order valence-corrected chi connectivity index (χ3v) is 9.46. The van der Waals surface area contributed by atoms with E-state index in [9.17, 15) is 19.5 Å². The van der Waals surface area contributed by atoms with Crippen LogP contribution in [0.1, 0.15) is 17.0 Å². The SMILES string of the molecule is N=C(N)c1coc(Cn2ccc3c[n+](CC4=C(C(=O)O)N5C(=O)[C@@H](NC(=O)C(=N)c6nc(N)sc6Cl)[C@H]5SC4)ccc32)c1. The van der Waals surface area contributed by atoms with Crippen molar-refractivity contribution in [2.75, 3.05) is 11.5 Å². The number of aliphatic carboxylic acids is 1. The Labute approximate surface area is 255 Å². The normalized spacial score (nSPS) is 18.0. The number of β-lactam (4-membered cyclic amide) rings is 1. The first-order valence-corrected chi connectivity index (χ1v) is 14.9. The molecule has 6 rings (SSSR count). The lowest BCUT2D eigenvalue weighted by Crippen LogP contribution is -2.71. The number of rotatable bonds is 9. The molecule has 0 spiro atoms. The Morgan fingerprint density at radius 3 is 2.79 bits per heavy atom. The van der Waals surface area contributed by atoms with Gasteiger partial charge in [-0.2, -0.15) is 0 Å². The number of nitrogens with zero attached hydrogens (tertiary/aromatic N) is 4. The van der Waals surface area contributed by atoms with E-state index in [1.54, 1.807) is 6.07 Å². The Morgan fingerprint density at radius 1 is 1.33 bits per heavy atom. The zero-order chi connectivity index (χ0) is 30.6. The van der Waals surface area contributed by atoms with Gasteiger partial charge in [-0.15, -0.1) is 11.8 Å². The Morgan fingerprint density at radius 2 is 2.12 bits per heavy atom. The molecule has 220 valence electrons. The zero-order valence-electron chi connectivity index (χ0n) is 22.0. The van der Waals surface area contributed by atoms with Crippen LogP contribution in [0.4, 0.5) is 5.13 Å². The van der Waals surface area contributed by atoms with Crippen molar-refractivity contribution in [1.29, 1.82) is 10.8 Å². The molecular formula is C26H23ClN9O5S2+. The lowest BCUT2D eigenvalue weighted by molar-refractivity contribution is -0.687. The highest BCUT2D eigenvalue weighted by Crippen LogP contribution is 2.40. The van der Waals surface area contributed by atoms with Crippen molar-refractivity contribution in [2.24, 2.45) is 5.73 Å². The van der Waals surface area contributed by atoms with Gasteiger partial charge in [-0.05, 0) is 12.1 Å². The summed E-state index contributed by atoms with van der Waals surface area (Å²) in [5.74, 6) is -1.80. The van der Waals surface area contributed by atoms with Gasteiger partial charge in [0, 0.05) is 23.6 Å². The molecule has 1 saturated heterocycles. The van der Waals surface area contributed by atoms with Crippen molar-refractivity contribution in [3.8, 4) is 0 Å². The van der Waals surface area contributed by atoms with Crippen molar-refractivity contribution in [2.45, 2.75) is 24.5 Å². The number of anilines is 1. The summed E-state index contributed by atoms with van der Waals surface area (Å²) >= 11 is 8.26. The van der Waals surface area contributed by atoms with Gasteiger partial charge in [0.05, 0.1) is 23.0 Å². The number of pyridine rings is 1. The highest BCUT2D eigenvalue weighted by atomic mass is 35.5. The van der Waals surface area contributed by atoms with Crippen LogP contribution in [-0.2, 0) is 27.5 Å². The summed E-state index contributed by atoms with van der Waals surface area (Å²) < 4.78 is 9.43. The Bertz CT molecular complexity index is 1890. The van der Waals surface area contributed by atoms with Gasteiger partial charge < -0.3 is 30.9 Å². The van der Waals surface area contributed by atoms with Crippen LogP contribution in [-0.4, -0.2) is 66.1 Å². The quantitative estimate of drug-likeness (QED) is 0.0671. The topological polar surface area (TPSA) is 221 Å². The first kappa shape index (κ1) is 28.4. The minimum atomic E-state index is -1.24. The van der Waals surface area contributed by atoms with Gasteiger partial charge in [-0.25, -0.2) is 14.3 Å². The number of thiazole rings is 1. The molecule has 17 heteroatoms. The Balaban J connectivity index is 1.17. The van der Waals surface area contributed by atoms with Crippen molar-refractivity contribution in [1.82, 2.24) is 19.8 Å². The summed E-state index contributed by atoms with van der Waals surface area (Å²) in [5, 5.41) is 28.6. The van der Waals surface area contributed by atoms with E-state index in [1.807, 2.05) is 39.9 Å². The van der Waals surface area contributed by atoms with E-state index < -0.39 is 34.9 Å². The first-order chi connectivity index (χ1) is 20.5. The zero-order valence-corrected chi connectivity index (χ0v) is 24.4. The van der Waals surface area contributed by atoms with E-state index in [0.717, 1.165) is 22.2 Å². The second-order valence-electron chi connectivity index (χ2n) is 9.78. The van der Waals surface area contributed by atoms with Gasteiger partial charge in [0.15, 0.2) is 24.1 Å². The van der Waals surface area contributed by atoms with Crippen molar-refractivity contribution in [3.63, 3.8) is 0 Å². The fourth-order valence-corrected chi connectivity index (χ4v) is 7.29. The first-order valence-electron chi connectivity index (χ1n) is 12.6. The van der Waals surface area contributed by atoms with E-state index in [4.69, 9.17) is 38.3 Å². The standard InChI is InChI=1S/C26H22ClN9O5S2/c27-20-17(33-26(31)43-20)16(28)22(37)32-18-23(38)36-19(25(39)40)13(10-42-24(18)36)7-34-3-2-15-11(6-34)1-4-35(15)8-14-5-12(9-41-14)21(29)30/h1-6,9,18,24,28H,7-8,10H2,(H6-,29,30,31,32,33,37,39,40)/p+1/t18-,24-/m1/s1. The summed E-state index contributed by atoms with van der Waals surface area (Å²) in [4.78, 5) is 43.2. The summed E-state index contributed by atoms with van der Waals surface area (Å²) in [7, 11) is 0. The molecule has 0 radical (unpaired) electrons. The number of thioether (sulfide) groups is 1. The van der Waals surface area contributed by atoms with E-state index in [-0.39, 0.29) is 33.2 Å². The van der Waals surface area contributed by atoms with Crippen molar-refractivity contribution in [3.05, 3.63) is 75.7 Å². The van der Waals surface area contributed by atoms with Crippen LogP contribution >= 0.6 is 34.7 Å². The van der Waals surface area contributed by atoms with Crippen LogP contribution in [0.5, 0.6) is 0 Å². The number of carboxylic acid groups (broad SMARTS) is 1. The minimum absolute atomic E-state index is 0.0701. The van der Waals surface area contributed by atoms with E-state index in [0.29, 0.717) is 29.2 Å². The number of carboxylic acids is 1. The molecule has 4 aromatic heterocycles. The molecule has 14 nitrogen and oxygen atoms in total. The van der Waals surface area contributed by atoms with Crippen molar-refractivity contribution < 1.29 is 28.5 Å². The molecule has 4 aromatic rings. The summed E-state index contributed by atoms with van der Waals surface area (Å²) in [6.07, 6.45) is 7.06. The summed E-state index contributed by atoms with van der Waals surface area (Å²) in [5.41, 5.74) is 12.4. The molecule has 2 aliphatic rings. The molecule has 6 heterocycles. The number of hydrogen-bond acceptors (Lipinski definition) is 10. The number of furan rings is 1. The number of fused-ring (bicyclic) bond motifs is 2. The molecule has 0 saturated carbocycles. The third-order valence-electron chi connectivity index (χ3n) is 7.04. The maximum Gasteiger partial charge on any atom is 0.352 e. The van der Waals surface area contributed by atoms with Crippen molar-refractivity contribution >= 4 is 80.1 Å². The fourth-order valence-electron chi connectivity index (χ4n) is 5.02. The fraction of sp³-hybridized carbons (Fsp3) is 0.192. The molecule has 2 aliphatic heterocycles. The largest absolute Gasteiger partial charge is 0.477 e. The predicted molar refractivity (Wildman–Crippen MR) is 159 cm³/mol. The molecule has 2 atom stereocenters. The number of aromatic nitrogens is 3. The molecule has 2 amide bonds. The van der Waals surface area contributed by atoms with Gasteiger partial charge in [0.1, 0.15) is 50.7 Å². The van der Waals surface area contributed by atoms with E-state index in [1.165, 1.54) is 22.9 Å². The molecule has 0 bridgehead atoms. The predicted octanol–water partition coefficient (Wildman–Crippen LogP) is 1.35. The van der Waals surface area contributed by atoms with Gasteiger partial charge in [-0.3, -0.25) is 25.3 Å². The molecule has 1 fully saturated rings. The average molecular weight is 641 g/mol. The molecule has 0 aromatic carbocycles. The summed E-state index contributed by atoms with van der Waals surface area (Å²) in [6.45, 7) is 0.671. The monoisotopic (exact) mass is 640 g/mol. The van der Waals surface area contributed by atoms with Crippen LogP contribution in [0.15, 0.2) is 58.7 Å². The maximum atomic E-state index is 13.1. The van der Waals surface area contributed by atoms with E-state index in [2.05, 4.69) is 10.3 Å². The number of amides is 2. The van der Waals surface area contributed by atoms with E-state index >= 15 is 0 Å². The Hall–Kier alpha value is -4.67. The smallest absolute Gasteiger partial charge is 0.352 e. The molecule has 8 N–H and O–H groups in total. The number of nitrogens with two attached hydrogens (primary N) is 2. The number of carbonyl (C=O) groups excluding carboxylic acids is 2. The number of amidine groups is 1. The molecular weight excluding hydrogens is 618 g/mol. The number of halogens is 1. The highest BCUT2D eigenvalue weighted by molar-refractivity contribution is 8.00. The number of hydrogen-bond donors (Lipinski definition) is 6. The molecule has 0 unspecified atom stereocenters. The maximum absolute atomic E-state index is 13.1. The van der Waals surface area contributed by atoms with Crippen LogP contribution < -0.4 is 21.4 Å². The molecule has 43 heavy (non-hydrogen) atoms. The lowest BCUT2D eigenvalue weighted by atomic mass is 10.0. The number of nitrogens with one attached hydrogen (secondary N) is 3. The lowest BCUT2D eigenvalue weighted by Gasteiger charge is -2.49. The summed E-state index contributed by atoms with van der Waals surface area (Å²) in [6, 6.07) is 4.54. The molecule has 0 aliphatic carbocycles. The highest BCUT2D eigenvalue weighted by Gasteiger charge is 2.54. The van der Waals surface area contributed by atoms with Crippen LogP contribution in [0.2, 0.25) is 4.34 Å². The minimum Gasteiger partial charge on any atom is -0.477 e. The third kappa shape index (κ3) is 5.13. The Kier molecular flexibility index (Phi) is 7.19. The second-order valence-corrected chi connectivity index (χ2v) is 12.5. The number of nitrogen functional groups attached to an aromatic ring is 2. The van der Waals surface area contributed by atoms with Gasteiger partial charge in [-0.1, -0.05) is 22.9 Å². The average Bonchev–Trinajstić information content (AvgIpc) is 3.69. The van der Waals surface area contributed by atoms with Gasteiger partial charge >= 0.3 is 5.97 Å².